The van der Waals surface area contributed by atoms with Crippen LogP contribution in [0.4, 0.5) is 0 Å². The van der Waals surface area contributed by atoms with Crippen LogP contribution in [0.1, 0.15) is 33.3 Å². The van der Waals surface area contributed by atoms with Gasteiger partial charge in [-0.2, -0.15) is 0 Å². The van der Waals surface area contributed by atoms with Crippen molar-refractivity contribution in [3.63, 3.8) is 0 Å². The second-order valence-electron chi connectivity index (χ2n) is 4.63. The van der Waals surface area contributed by atoms with Gasteiger partial charge < -0.3 is 0 Å². The smallest absolute Gasteiger partial charge is 0.0404 e. The molecular formula is C13H22ClN. The van der Waals surface area contributed by atoms with Crippen LogP contribution in [0.15, 0.2) is 30.3 Å². The molecule has 0 heterocycles. The normalized spacial score (nSPS) is 11.7. The van der Waals surface area contributed by atoms with E-state index in [1.54, 1.807) is 0 Å². The Morgan fingerprint density at radius 3 is 1.93 bits per heavy atom. The van der Waals surface area contributed by atoms with Crippen molar-refractivity contribution in [1.29, 1.82) is 0 Å². The van der Waals surface area contributed by atoms with E-state index in [0.29, 0.717) is 6.04 Å². The molecule has 0 fully saturated rings. The average molecular weight is 228 g/mol. The molecule has 0 aliphatic carbocycles. The summed E-state index contributed by atoms with van der Waals surface area (Å²) in [6.07, 6.45) is 0. The number of nitrogens with zero attached hydrogens (tertiary/aromatic N) is 1. The van der Waals surface area contributed by atoms with Crippen LogP contribution in [0.25, 0.3) is 0 Å². The first-order valence-electron chi connectivity index (χ1n) is 5.24. The van der Waals surface area contributed by atoms with E-state index < -0.39 is 0 Å². The molecule has 0 aliphatic heterocycles. The Hall–Kier alpha value is -0.530. The van der Waals surface area contributed by atoms with E-state index in [0.717, 1.165) is 0 Å². The molecule has 0 bridgehead atoms. The zero-order valence-corrected chi connectivity index (χ0v) is 11.1. The van der Waals surface area contributed by atoms with Gasteiger partial charge in [-0.25, -0.2) is 0 Å². The van der Waals surface area contributed by atoms with Crippen molar-refractivity contribution in [1.82, 2.24) is 4.90 Å². The lowest BCUT2D eigenvalue weighted by molar-refractivity contribution is 0.118. The quantitative estimate of drug-likeness (QED) is 0.762. The Morgan fingerprint density at radius 1 is 1.07 bits per heavy atom. The zero-order valence-electron chi connectivity index (χ0n) is 10.3. The van der Waals surface area contributed by atoms with E-state index in [4.69, 9.17) is 0 Å². The summed E-state index contributed by atoms with van der Waals surface area (Å²) in [4.78, 5) is 2.39. The zero-order chi connectivity index (χ0) is 10.8. The van der Waals surface area contributed by atoms with E-state index in [-0.39, 0.29) is 17.9 Å². The molecule has 0 aromatic heterocycles. The molecule has 15 heavy (non-hydrogen) atoms. The molecule has 2 heteroatoms. The van der Waals surface area contributed by atoms with Gasteiger partial charge in [0.2, 0.25) is 0 Å². The van der Waals surface area contributed by atoms with Crippen molar-refractivity contribution in [2.45, 2.75) is 39.3 Å². The summed E-state index contributed by atoms with van der Waals surface area (Å²) in [7, 11) is 2.18. The van der Waals surface area contributed by atoms with Crippen molar-refractivity contribution in [2.24, 2.45) is 0 Å². The van der Waals surface area contributed by atoms with Gasteiger partial charge in [0.1, 0.15) is 0 Å². The molecule has 0 saturated heterocycles. The van der Waals surface area contributed by atoms with E-state index >= 15 is 0 Å². The molecule has 0 aliphatic rings. The lowest BCUT2D eigenvalue weighted by Crippen LogP contribution is -2.42. The summed E-state index contributed by atoms with van der Waals surface area (Å²) < 4.78 is 0. The molecule has 0 amide bonds. The first-order chi connectivity index (χ1) is 6.46. The Kier molecular flexibility index (Phi) is 5.33. The van der Waals surface area contributed by atoms with Gasteiger partial charge in [-0.05, 0) is 40.3 Å². The number of halogens is 1. The van der Waals surface area contributed by atoms with E-state index in [1.165, 1.54) is 5.56 Å². The molecule has 0 saturated carbocycles. The van der Waals surface area contributed by atoms with Gasteiger partial charge in [0, 0.05) is 11.6 Å². The first kappa shape index (κ1) is 14.5. The van der Waals surface area contributed by atoms with E-state index in [1.807, 2.05) is 0 Å². The molecule has 1 aromatic rings. The average Bonchev–Trinajstić information content (AvgIpc) is 2.18. The second kappa shape index (κ2) is 5.53. The highest BCUT2D eigenvalue weighted by molar-refractivity contribution is 5.85. The maximum Gasteiger partial charge on any atom is 0.0404 e. The molecule has 0 N–H and O–H groups in total. The highest BCUT2D eigenvalue weighted by Gasteiger charge is 2.26. The highest BCUT2D eigenvalue weighted by Crippen LogP contribution is 2.27. The molecule has 86 valence electrons. The van der Waals surface area contributed by atoms with Crippen molar-refractivity contribution in [3.05, 3.63) is 35.9 Å². The molecule has 1 aromatic carbocycles. The van der Waals surface area contributed by atoms with Crippen molar-refractivity contribution in [3.8, 4) is 0 Å². The molecule has 1 nitrogen and oxygen atoms in total. The summed E-state index contributed by atoms with van der Waals surface area (Å²) in [5.74, 6) is 0. The van der Waals surface area contributed by atoms with E-state index in [9.17, 15) is 0 Å². The SMILES string of the molecule is CC(C)N(C)C(C)(C)c1ccccc1.Cl. The van der Waals surface area contributed by atoms with Gasteiger partial charge in [0.05, 0.1) is 0 Å². The number of hydrogen-bond acceptors (Lipinski definition) is 1. The van der Waals surface area contributed by atoms with Gasteiger partial charge in [0.15, 0.2) is 0 Å². The van der Waals surface area contributed by atoms with Crippen LogP contribution in [0.2, 0.25) is 0 Å². The Balaban J connectivity index is 0.00000196. The second-order valence-corrected chi connectivity index (χ2v) is 4.63. The summed E-state index contributed by atoms with van der Waals surface area (Å²) >= 11 is 0. The predicted molar refractivity (Wildman–Crippen MR) is 69.6 cm³/mol. The van der Waals surface area contributed by atoms with E-state index in [2.05, 4.69) is 70.0 Å². The van der Waals surface area contributed by atoms with Crippen LogP contribution in [-0.2, 0) is 5.54 Å². The van der Waals surface area contributed by atoms with Crippen LogP contribution in [0.3, 0.4) is 0 Å². The van der Waals surface area contributed by atoms with Crippen molar-refractivity contribution < 1.29 is 0 Å². The van der Waals surface area contributed by atoms with Crippen LogP contribution >= 0.6 is 12.4 Å². The van der Waals surface area contributed by atoms with Crippen LogP contribution in [0, 0.1) is 0 Å². The topological polar surface area (TPSA) is 3.24 Å². The van der Waals surface area contributed by atoms with Gasteiger partial charge in [-0.1, -0.05) is 30.3 Å². The third-order valence-electron chi connectivity index (χ3n) is 3.14. The predicted octanol–water partition coefficient (Wildman–Crippen LogP) is 3.68. The van der Waals surface area contributed by atoms with Crippen molar-refractivity contribution in [2.75, 3.05) is 7.05 Å². The number of hydrogen-bond donors (Lipinski definition) is 0. The first-order valence-corrected chi connectivity index (χ1v) is 5.24. The fourth-order valence-electron chi connectivity index (χ4n) is 1.70. The van der Waals surface area contributed by atoms with Crippen LogP contribution in [-0.4, -0.2) is 18.0 Å². The van der Waals surface area contributed by atoms with Crippen LogP contribution < -0.4 is 0 Å². The summed E-state index contributed by atoms with van der Waals surface area (Å²) in [5, 5.41) is 0. The van der Waals surface area contributed by atoms with Crippen LogP contribution in [0.5, 0.6) is 0 Å². The summed E-state index contributed by atoms with van der Waals surface area (Å²) in [5.41, 5.74) is 1.48. The van der Waals surface area contributed by atoms with Gasteiger partial charge >= 0.3 is 0 Å². The minimum Gasteiger partial charge on any atom is -0.295 e. The number of rotatable bonds is 3. The van der Waals surface area contributed by atoms with Gasteiger partial charge in [-0.15, -0.1) is 12.4 Å². The molecule has 0 spiro atoms. The Morgan fingerprint density at radius 2 is 1.53 bits per heavy atom. The lowest BCUT2D eigenvalue weighted by atomic mass is 9.92. The monoisotopic (exact) mass is 227 g/mol. The van der Waals surface area contributed by atoms with Gasteiger partial charge in [-0.3, -0.25) is 4.90 Å². The summed E-state index contributed by atoms with van der Waals surface area (Å²) in [6, 6.07) is 11.2. The van der Waals surface area contributed by atoms with Crippen molar-refractivity contribution >= 4 is 12.4 Å². The molecule has 0 unspecified atom stereocenters. The van der Waals surface area contributed by atoms with Gasteiger partial charge in [0.25, 0.3) is 0 Å². The lowest BCUT2D eigenvalue weighted by Gasteiger charge is -2.39. The molecule has 0 atom stereocenters. The standard InChI is InChI=1S/C13H21N.ClH/c1-11(2)14(5)13(3,4)12-9-7-6-8-10-12;/h6-11H,1-5H3;1H. The fourth-order valence-corrected chi connectivity index (χ4v) is 1.70. The third kappa shape index (κ3) is 3.22. The molecule has 1 rings (SSSR count). The molecular weight excluding hydrogens is 206 g/mol. The summed E-state index contributed by atoms with van der Waals surface area (Å²) in [6.45, 7) is 8.99. The largest absolute Gasteiger partial charge is 0.295 e. The fraction of sp³-hybridized carbons (Fsp3) is 0.538. The minimum absolute atomic E-state index is 0. The maximum atomic E-state index is 2.39. The highest BCUT2D eigenvalue weighted by atomic mass is 35.5. The molecule has 0 radical (unpaired) electrons. The Labute approximate surface area is 99.9 Å². The third-order valence-corrected chi connectivity index (χ3v) is 3.14. The Bertz CT molecular complexity index is 280. The number of benzene rings is 1. The maximum absolute atomic E-state index is 2.39. The minimum atomic E-state index is 0.